The minimum atomic E-state index is -0.941. The van der Waals surface area contributed by atoms with Crippen LogP contribution in [0.5, 0.6) is 0 Å². The number of thioether (sulfide) groups is 1. The Morgan fingerprint density at radius 3 is 2.66 bits per heavy atom. The van der Waals surface area contributed by atoms with Crippen molar-refractivity contribution in [3.8, 4) is 0 Å². The second-order valence-corrected chi connectivity index (χ2v) is 7.32. The predicted molar refractivity (Wildman–Crippen MR) is 110 cm³/mol. The summed E-state index contributed by atoms with van der Waals surface area (Å²) < 4.78 is 10.5. The molecule has 1 aromatic carbocycles. The van der Waals surface area contributed by atoms with Crippen molar-refractivity contribution in [2.24, 2.45) is 0 Å². The van der Waals surface area contributed by atoms with Gasteiger partial charge in [0.05, 0.1) is 11.3 Å². The molecule has 7 nitrogen and oxygen atoms in total. The molecule has 1 amide bonds. The van der Waals surface area contributed by atoms with Gasteiger partial charge >= 0.3 is 5.97 Å². The van der Waals surface area contributed by atoms with Gasteiger partial charge in [-0.3, -0.25) is 4.79 Å². The molecule has 29 heavy (non-hydrogen) atoms. The highest BCUT2D eigenvalue weighted by Crippen LogP contribution is 2.25. The van der Waals surface area contributed by atoms with Crippen LogP contribution >= 0.6 is 11.8 Å². The highest BCUT2D eigenvalue weighted by Gasteiger charge is 2.24. The highest BCUT2D eigenvalue weighted by atomic mass is 32.2. The van der Waals surface area contributed by atoms with Gasteiger partial charge in [-0.25, -0.2) is 9.78 Å². The summed E-state index contributed by atoms with van der Waals surface area (Å²) in [6, 6.07) is 14.3. The van der Waals surface area contributed by atoms with Gasteiger partial charge in [0.2, 0.25) is 0 Å². The first-order chi connectivity index (χ1) is 14.0. The van der Waals surface area contributed by atoms with Crippen molar-refractivity contribution in [2.75, 3.05) is 11.9 Å². The quantitative estimate of drug-likeness (QED) is 0.431. The van der Waals surface area contributed by atoms with Crippen LogP contribution in [0.4, 0.5) is 5.69 Å². The second-order valence-electron chi connectivity index (χ2n) is 6.35. The average molecular weight is 411 g/mol. The molecule has 8 heteroatoms. The number of aromatic nitrogens is 2. The number of aryl methyl sites for hydroxylation is 1. The van der Waals surface area contributed by atoms with Crippen LogP contribution in [0.25, 0.3) is 0 Å². The Bertz CT molecular complexity index is 990. The Morgan fingerprint density at radius 2 is 1.97 bits per heavy atom. The molecule has 2 heterocycles. The molecule has 0 unspecified atom stereocenters. The number of rotatable bonds is 7. The van der Waals surface area contributed by atoms with Crippen LogP contribution in [-0.2, 0) is 15.3 Å². The molecule has 150 valence electrons. The number of anilines is 1. The summed E-state index contributed by atoms with van der Waals surface area (Å²) in [7, 11) is 1.65. The molecule has 3 rings (SSSR count). The van der Waals surface area contributed by atoms with Crippen LogP contribution in [0.2, 0.25) is 0 Å². The molecular weight excluding hydrogens is 390 g/mol. The van der Waals surface area contributed by atoms with Crippen molar-refractivity contribution in [1.82, 2.24) is 10.1 Å². The van der Waals surface area contributed by atoms with Crippen molar-refractivity contribution in [1.29, 1.82) is 0 Å². The van der Waals surface area contributed by atoms with Gasteiger partial charge in [-0.1, -0.05) is 35.1 Å². The zero-order valence-electron chi connectivity index (χ0n) is 16.4. The maximum absolute atomic E-state index is 12.7. The minimum absolute atomic E-state index is 0.305. The van der Waals surface area contributed by atoms with E-state index in [1.165, 1.54) is 16.7 Å². The Labute approximate surface area is 173 Å². The average Bonchev–Trinajstić information content (AvgIpc) is 3.17. The van der Waals surface area contributed by atoms with E-state index in [-0.39, 0.29) is 5.91 Å². The van der Waals surface area contributed by atoms with Gasteiger partial charge in [0.25, 0.3) is 5.91 Å². The summed E-state index contributed by atoms with van der Waals surface area (Å²) in [4.78, 5) is 31.0. The molecule has 0 aliphatic rings. The number of benzene rings is 1. The maximum atomic E-state index is 12.7. The molecule has 0 saturated heterocycles. The second kappa shape index (κ2) is 9.38. The smallest absolute Gasteiger partial charge is 0.341 e. The normalized spacial score (nSPS) is 11.7. The predicted octanol–water partition coefficient (Wildman–Crippen LogP) is 3.88. The van der Waals surface area contributed by atoms with Crippen LogP contribution in [-0.4, -0.2) is 35.2 Å². The molecule has 0 aliphatic carbocycles. The zero-order valence-corrected chi connectivity index (χ0v) is 17.2. The Balaban J connectivity index is 1.66. The lowest BCUT2D eigenvalue weighted by molar-refractivity contribution is -0.126. The van der Waals surface area contributed by atoms with E-state index in [0.717, 1.165) is 17.1 Å². The SMILES string of the molecule is Cc1cc(CSc2ncccc2C(=O)O[C@H](C)C(=O)N(C)c2ccccc2)no1. The molecule has 0 saturated carbocycles. The topological polar surface area (TPSA) is 85.5 Å². The highest BCUT2D eigenvalue weighted by molar-refractivity contribution is 7.98. The summed E-state index contributed by atoms with van der Waals surface area (Å²) >= 11 is 1.35. The number of hydrogen-bond acceptors (Lipinski definition) is 7. The van der Waals surface area contributed by atoms with Crippen LogP contribution in [0.15, 0.2) is 64.3 Å². The Morgan fingerprint density at radius 1 is 1.21 bits per heavy atom. The first-order valence-electron chi connectivity index (χ1n) is 8.99. The Hall–Kier alpha value is -3.13. The van der Waals surface area contributed by atoms with Crippen LogP contribution in [0.1, 0.15) is 28.7 Å². The molecule has 0 N–H and O–H groups in total. The van der Waals surface area contributed by atoms with Gasteiger partial charge in [0.1, 0.15) is 10.8 Å². The van der Waals surface area contributed by atoms with Crippen molar-refractivity contribution >= 4 is 29.3 Å². The lowest BCUT2D eigenvalue weighted by Gasteiger charge is -2.21. The van der Waals surface area contributed by atoms with Gasteiger partial charge in [-0.15, -0.1) is 0 Å². The van der Waals surface area contributed by atoms with Crippen molar-refractivity contribution in [3.63, 3.8) is 0 Å². The third-order valence-corrected chi connectivity index (χ3v) is 5.17. The molecule has 2 aromatic heterocycles. The lowest BCUT2D eigenvalue weighted by Crippen LogP contribution is -2.37. The maximum Gasteiger partial charge on any atom is 0.341 e. The zero-order chi connectivity index (χ0) is 20.8. The summed E-state index contributed by atoms with van der Waals surface area (Å²) in [6.45, 7) is 3.37. The number of ether oxygens (including phenoxy) is 1. The number of esters is 1. The van der Waals surface area contributed by atoms with E-state index in [2.05, 4.69) is 10.1 Å². The molecule has 3 aromatic rings. The van der Waals surface area contributed by atoms with E-state index >= 15 is 0 Å². The van der Waals surface area contributed by atoms with E-state index in [1.54, 1.807) is 32.3 Å². The van der Waals surface area contributed by atoms with Gasteiger partial charge < -0.3 is 14.2 Å². The van der Waals surface area contributed by atoms with Gasteiger partial charge in [-0.05, 0) is 38.1 Å². The van der Waals surface area contributed by atoms with Gasteiger partial charge in [0.15, 0.2) is 6.10 Å². The first-order valence-corrected chi connectivity index (χ1v) is 9.98. The van der Waals surface area contributed by atoms with E-state index in [0.29, 0.717) is 16.3 Å². The number of pyridine rings is 1. The molecule has 0 spiro atoms. The van der Waals surface area contributed by atoms with Crippen molar-refractivity contribution < 1.29 is 18.8 Å². The summed E-state index contributed by atoms with van der Waals surface area (Å²) in [5, 5.41) is 4.44. The fourth-order valence-electron chi connectivity index (χ4n) is 2.62. The fourth-order valence-corrected chi connectivity index (χ4v) is 3.48. The van der Waals surface area contributed by atoms with Crippen LogP contribution < -0.4 is 4.90 Å². The number of para-hydroxylation sites is 1. The van der Waals surface area contributed by atoms with E-state index in [4.69, 9.17) is 9.26 Å². The summed E-state index contributed by atoms with van der Waals surface area (Å²) in [5.41, 5.74) is 1.78. The largest absolute Gasteiger partial charge is 0.449 e. The first kappa shape index (κ1) is 20.6. The van der Waals surface area contributed by atoms with E-state index in [1.807, 2.05) is 43.3 Å². The molecule has 1 atom stereocenters. The minimum Gasteiger partial charge on any atom is -0.449 e. The molecule has 0 radical (unpaired) electrons. The summed E-state index contributed by atoms with van der Waals surface area (Å²) in [6.07, 6.45) is 0.661. The lowest BCUT2D eigenvalue weighted by atomic mass is 10.2. The van der Waals surface area contributed by atoms with Crippen LogP contribution in [0.3, 0.4) is 0 Å². The van der Waals surface area contributed by atoms with Crippen molar-refractivity contribution in [3.05, 3.63) is 71.7 Å². The fraction of sp³-hybridized carbons (Fsp3) is 0.238. The Kier molecular flexibility index (Phi) is 6.66. The molecule has 0 bridgehead atoms. The van der Waals surface area contributed by atoms with Gasteiger partial charge in [-0.2, -0.15) is 0 Å². The monoisotopic (exact) mass is 411 g/mol. The van der Waals surface area contributed by atoms with Gasteiger partial charge in [0, 0.05) is 30.8 Å². The molecular formula is C21H21N3O4S. The molecule has 0 fully saturated rings. The number of carbonyl (C=O) groups excluding carboxylic acids is 2. The number of likely N-dealkylation sites (N-methyl/N-ethyl adjacent to an activating group) is 1. The third kappa shape index (κ3) is 5.23. The van der Waals surface area contributed by atoms with E-state index < -0.39 is 12.1 Å². The molecule has 0 aliphatic heterocycles. The van der Waals surface area contributed by atoms with Crippen LogP contribution in [0, 0.1) is 6.92 Å². The third-order valence-electron chi connectivity index (χ3n) is 4.13. The number of hydrogen-bond donors (Lipinski definition) is 0. The van der Waals surface area contributed by atoms with Crippen molar-refractivity contribution in [2.45, 2.75) is 30.7 Å². The number of amides is 1. The summed E-state index contributed by atoms with van der Waals surface area (Å²) in [5.74, 6) is 0.302. The number of carbonyl (C=O) groups is 2. The van der Waals surface area contributed by atoms with E-state index in [9.17, 15) is 9.59 Å². The number of nitrogens with zero attached hydrogens (tertiary/aromatic N) is 3. The standard InChI is InChI=1S/C21H21N3O4S/c1-14-12-16(23-28-14)13-29-19-18(10-7-11-22-19)21(26)27-15(2)20(25)24(3)17-8-5-4-6-9-17/h4-12,15H,13H2,1-3H3/t15-/m1/s1.